The van der Waals surface area contributed by atoms with Crippen molar-refractivity contribution in [3.8, 4) is 5.75 Å². The van der Waals surface area contributed by atoms with E-state index in [9.17, 15) is 18.0 Å². The van der Waals surface area contributed by atoms with Crippen LogP contribution in [0, 0.1) is 11.8 Å². The van der Waals surface area contributed by atoms with Crippen molar-refractivity contribution >= 4 is 30.9 Å². The van der Waals surface area contributed by atoms with Crippen molar-refractivity contribution in [3.05, 3.63) is 54.1 Å². The number of alkyl halides is 3. The minimum Gasteiger partial charge on any atom is -0.491 e. The van der Waals surface area contributed by atoms with Crippen molar-refractivity contribution in [2.45, 2.75) is 173 Å². The summed E-state index contributed by atoms with van der Waals surface area (Å²) >= 11 is 0. The van der Waals surface area contributed by atoms with E-state index in [0.717, 1.165) is 37.8 Å². The zero-order valence-electron chi connectivity index (χ0n) is 36.3. The molecular weight excluding hydrogens is 742 g/mol. The zero-order chi connectivity index (χ0) is 41.6. The Kier molecular flexibility index (Phi) is 16.8. The predicted molar refractivity (Wildman–Crippen MR) is 224 cm³/mol. The van der Waals surface area contributed by atoms with Crippen LogP contribution >= 0.6 is 0 Å². The Bertz CT molecular complexity index is 1400. The van der Waals surface area contributed by atoms with Crippen LogP contribution in [-0.2, 0) is 29.0 Å². The zero-order valence-corrected chi connectivity index (χ0v) is 39.3. The molecule has 2 rings (SSSR count). The molecule has 54 heavy (non-hydrogen) atoms. The van der Waals surface area contributed by atoms with Gasteiger partial charge in [-0.15, -0.1) is 0 Å². The number of benzene rings is 1. The molecule has 1 unspecified atom stereocenters. The lowest BCUT2D eigenvalue weighted by atomic mass is 9.89. The van der Waals surface area contributed by atoms with Gasteiger partial charge in [-0.05, 0) is 104 Å². The fourth-order valence-corrected chi connectivity index (χ4v) is 9.75. The maximum absolute atomic E-state index is 13.5. The SMILES string of the molecule is COC(=O)CCC/C=C\CC1[C@@H](O[Si](C)(C)C(C)(C)C)C[C@@H](O[Si](C)(C)C(C)(C)C)[C@@H]1/C=C/[C@H](COc1cccc(C(F)(F)F)c1)O[Si](C)(C)C(C)(C)C. The smallest absolute Gasteiger partial charge is 0.416 e. The minimum absolute atomic E-state index is 0.00144. The van der Waals surface area contributed by atoms with E-state index in [1.165, 1.54) is 13.2 Å². The average Bonchev–Trinajstić information content (AvgIpc) is 3.31. The Morgan fingerprint density at radius 1 is 0.833 bits per heavy atom. The highest BCUT2D eigenvalue weighted by Gasteiger charge is 2.50. The Balaban J connectivity index is 2.62. The summed E-state index contributed by atoms with van der Waals surface area (Å²) in [5, 5.41) is -0.0742. The number of ether oxygens (including phenoxy) is 2. The van der Waals surface area contributed by atoms with Gasteiger partial charge in [-0.25, -0.2) is 0 Å². The highest BCUT2D eigenvalue weighted by Crippen LogP contribution is 2.48. The van der Waals surface area contributed by atoms with Crippen molar-refractivity contribution in [2.75, 3.05) is 13.7 Å². The lowest BCUT2D eigenvalue weighted by Gasteiger charge is -2.40. The van der Waals surface area contributed by atoms with E-state index in [4.69, 9.17) is 22.8 Å². The van der Waals surface area contributed by atoms with Crippen molar-refractivity contribution in [2.24, 2.45) is 11.8 Å². The number of hydrogen-bond donors (Lipinski definition) is 0. The fourth-order valence-electron chi connectivity index (χ4n) is 5.75. The van der Waals surface area contributed by atoms with E-state index >= 15 is 0 Å². The van der Waals surface area contributed by atoms with Crippen molar-refractivity contribution < 1.29 is 40.7 Å². The molecule has 1 aromatic carbocycles. The first kappa shape index (κ1) is 48.4. The Morgan fingerprint density at radius 3 is 1.91 bits per heavy atom. The van der Waals surface area contributed by atoms with Crippen molar-refractivity contribution in [3.63, 3.8) is 0 Å². The van der Waals surface area contributed by atoms with Gasteiger partial charge in [0.2, 0.25) is 0 Å². The van der Waals surface area contributed by atoms with E-state index in [1.54, 1.807) is 6.07 Å². The molecule has 1 fully saturated rings. The first-order chi connectivity index (χ1) is 24.4. The van der Waals surface area contributed by atoms with Crippen LogP contribution in [0.15, 0.2) is 48.6 Å². The lowest BCUT2D eigenvalue weighted by Crippen LogP contribution is -2.45. The van der Waals surface area contributed by atoms with Gasteiger partial charge in [-0.3, -0.25) is 4.79 Å². The molecule has 0 aliphatic heterocycles. The third kappa shape index (κ3) is 14.0. The molecule has 0 heterocycles. The van der Waals surface area contributed by atoms with Crippen molar-refractivity contribution in [1.29, 1.82) is 0 Å². The lowest BCUT2D eigenvalue weighted by molar-refractivity contribution is -0.140. The maximum Gasteiger partial charge on any atom is 0.416 e. The van der Waals surface area contributed by atoms with Gasteiger partial charge in [0.25, 0.3) is 0 Å². The van der Waals surface area contributed by atoms with Crippen LogP contribution < -0.4 is 4.74 Å². The van der Waals surface area contributed by atoms with Gasteiger partial charge in [0.05, 0.1) is 31.0 Å². The predicted octanol–water partition coefficient (Wildman–Crippen LogP) is 12.7. The summed E-state index contributed by atoms with van der Waals surface area (Å²) in [4.78, 5) is 11.7. The molecule has 5 atom stereocenters. The second kappa shape index (κ2) is 18.7. The van der Waals surface area contributed by atoms with E-state index in [1.807, 2.05) is 0 Å². The molecule has 1 aliphatic rings. The third-order valence-electron chi connectivity index (χ3n) is 12.3. The van der Waals surface area contributed by atoms with Crippen LogP contribution in [0.4, 0.5) is 13.2 Å². The monoisotopic (exact) mass is 814 g/mol. The first-order valence-corrected chi connectivity index (χ1v) is 28.4. The molecule has 0 saturated heterocycles. The number of halogens is 3. The maximum atomic E-state index is 13.5. The topological polar surface area (TPSA) is 63.2 Å². The van der Waals surface area contributed by atoms with Gasteiger partial charge in [0.15, 0.2) is 25.0 Å². The number of methoxy groups -OCH3 is 1. The Hall–Kier alpha value is -1.71. The van der Waals surface area contributed by atoms with Gasteiger partial charge in [-0.1, -0.05) is 92.7 Å². The molecule has 1 saturated carbocycles. The van der Waals surface area contributed by atoms with Gasteiger partial charge in [0.1, 0.15) is 12.4 Å². The molecule has 6 nitrogen and oxygen atoms in total. The molecule has 0 amide bonds. The van der Waals surface area contributed by atoms with Crippen molar-refractivity contribution in [1.82, 2.24) is 0 Å². The van der Waals surface area contributed by atoms with Gasteiger partial charge in [0, 0.05) is 12.3 Å². The molecule has 0 radical (unpaired) electrons. The number of carbonyl (C=O) groups is 1. The summed E-state index contributed by atoms with van der Waals surface area (Å²) in [7, 11) is -5.30. The number of unbranched alkanes of at least 4 members (excludes halogenated alkanes) is 1. The van der Waals surface area contributed by atoms with Crippen LogP contribution in [0.1, 0.15) is 100.0 Å². The second-order valence-electron chi connectivity index (χ2n) is 19.6. The fraction of sp³-hybridized carbons (Fsp3) is 0.738. The molecule has 1 aromatic rings. The van der Waals surface area contributed by atoms with Crippen LogP contribution in [0.5, 0.6) is 5.75 Å². The normalized spacial score (nSPS) is 21.6. The van der Waals surface area contributed by atoms with Gasteiger partial charge in [-0.2, -0.15) is 13.2 Å². The van der Waals surface area contributed by atoms with Crippen LogP contribution in [-0.4, -0.2) is 63.0 Å². The summed E-state index contributed by atoms with van der Waals surface area (Å²) in [6.45, 7) is 33.7. The van der Waals surface area contributed by atoms with Crippen LogP contribution in [0.25, 0.3) is 0 Å². The number of allylic oxidation sites excluding steroid dienone is 2. The van der Waals surface area contributed by atoms with Gasteiger partial charge < -0.3 is 22.8 Å². The van der Waals surface area contributed by atoms with Crippen LogP contribution in [0.3, 0.4) is 0 Å². The van der Waals surface area contributed by atoms with E-state index in [2.05, 4.69) is 126 Å². The number of hydrogen-bond acceptors (Lipinski definition) is 6. The first-order valence-electron chi connectivity index (χ1n) is 19.7. The van der Waals surface area contributed by atoms with E-state index < -0.39 is 42.8 Å². The summed E-state index contributed by atoms with van der Waals surface area (Å²) in [5.74, 6) is 0.0528. The second-order valence-corrected chi connectivity index (χ2v) is 33.9. The molecule has 0 bridgehead atoms. The largest absolute Gasteiger partial charge is 0.491 e. The van der Waals surface area contributed by atoms with Crippen LogP contribution in [0.2, 0.25) is 54.4 Å². The summed E-state index contributed by atoms with van der Waals surface area (Å²) in [6, 6.07) is 5.02. The molecule has 1 aliphatic carbocycles. The molecule has 0 aromatic heterocycles. The summed E-state index contributed by atoms with van der Waals surface area (Å²) in [5.41, 5.74) is -0.747. The molecule has 0 spiro atoms. The quantitative estimate of drug-likeness (QED) is 0.0675. The molecule has 310 valence electrons. The van der Waals surface area contributed by atoms with Gasteiger partial charge >= 0.3 is 12.1 Å². The van der Waals surface area contributed by atoms with E-state index in [-0.39, 0.29) is 57.5 Å². The Morgan fingerprint density at radius 2 is 1.39 bits per heavy atom. The summed E-state index contributed by atoms with van der Waals surface area (Å²) in [6.07, 6.45) is 7.01. The highest BCUT2D eigenvalue weighted by atomic mass is 28.4. The molecule has 0 N–H and O–H groups in total. The number of carbonyl (C=O) groups excluding carboxylic acids is 1. The van der Waals surface area contributed by atoms with E-state index in [0.29, 0.717) is 6.42 Å². The number of esters is 1. The highest BCUT2D eigenvalue weighted by molar-refractivity contribution is 6.75. The summed E-state index contributed by atoms with van der Waals surface area (Å²) < 4.78 is 72.9. The third-order valence-corrected chi connectivity index (χ3v) is 25.8. The number of rotatable bonds is 17. The Labute approximate surface area is 329 Å². The molecule has 12 heteroatoms. The minimum atomic E-state index is -4.47. The average molecular weight is 815 g/mol. The standard InChI is InChI=1S/C42H73F3O6Si3/c1-39(2,3)52(11,12)49-33(30-48-32-23-21-22-31(28-32)42(43,44)45)26-27-35-34(24-19-17-18-20-25-38(46)47-10)36(50-53(13,14)40(4,5)6)29-37(35)51-54(15,16)41(7,8)9/h17,19,21-23,26-28,33-37H,18,20,24-25,29-30H2,1-16H3/b19-17-,27-26+/t33-,34?,35-,36+,37-/m1/s1. The molecular formula is C42H73F3O6Si3.